The fourth-order valence-electron chi connectivity index (χ4n) is 3.10. The van der Waals surface area contributed by atoms with E-state index < -0.39 is 0 Å². The highest BCUT2D eigenvalue weighted by Gasteiger charge is 2.13. The van der Waals surface area contributed by atoms with Gasteiger partial charge in [-0.05, 0) is 38.4 Å². The van der Waals surface area contributed by atoms with Crippen LogP contribution in [0.3, 0.4) is 0 Å². The first-order valence-corrected chi connectivity index (χ1v) is 10.2. The maximum Gasteiger partial charge on any atom is 0.156 e. The Hall–Kier alpha value is -0.440. The van der Waals surface area contributed by atoms with Crippen LogP contribution in [0.4, 0.5) is 0 Å². The van der Waals surface area contributed by atoms with E-state index in [0.717, 1.165) is 25.7 Å². The maximum atomic E-state index is 11.7. The quantitative estimate of drug-likeness (QED) is 0.229. The van der Waals surface area contributed by atoms with Gasteiger partial charge in [0.2, 0.25) is 0 Å². The van der Waals surface area contributed by atoms with Crippen molar-refractivity contribution in [3.8, 4) is 0 Å². The van der Waals surface area contributed by atoms with Crippen molar-refractivity contribution in [3.05, 3.63) is 0 Å². The summed E-state index contributed by atoms with van der Waals surface area (Å²) >= 11 is 4.66. The van der Waals surface area contributed by atoms with Crippen molar-refractivity contribution >= 4 is 23.1 Å². The first-order chi connectivity index (χ1) is 11.1. The zero-order valence-corrected chi connectivity index (χ0v) is 16.3. The molecule has 0 heterocycles. The molecule has 0 aromatic rings. The van der Waals surface area contributed by atoms with Crippen LogP contribution in [0.2, 0.25) is 0 Å². The number of ketones is 1. The van der Waals surface area contributed by atoms with Gasteiger partial charge < -0.3 is 5.11 Å². The summed E-state index contributed by atoms with van der Waals surface area (Å²) in [5, 5.41) is 9.08. The summed E-state index contributed by atoms with van der Waals surface area (Å²) in [5.41, 5.74) is 0. The van der Waals surface area contributed by atoms with Gasteiger partial charge in [0, 0.05) is 12.3 Å². The fraction of sp³-hybridized carbons (Fsp3) is 0.900. The molecule has 0 aliphatic carbocycles. The molecule has 0 radical (unpaired) electrons. The molecule has 2 nitrogen and oxygen atoms in total. The van der Waals surface area contributed by atoms with Gasteiger partial charge in [0.25, 0.3) is 0 Å². The van der Waals surface area contributed by atoms with Gasteiger partial charge in [-0.1, -0.05) is 77.6 Å². The molecule has 0 aliphatic heterocycles. The molecule has 23 heavy (non-hydrogen) atoms. The van der Waals surface area contributed by atoms with Crippen molar-refractivity contribution in [1.82, 2.24) is 0 Å². The minimum atomic E-state index is 0.143. The number of carbonyl (C=O) groups is 1. The molecular formula is C20H38O2S. The second-order valence-electron chi connectivity index (χ2n) is 6.92. The van der Waals surface area contributed by atoms with Crippen molar-refractivity contribution < 1.29 is 9.90 Å². The van der Waals surface area contributed by atoms with Gasteiger partial charge in [0.15, 0.2) is 5.05 Å². The molecule has 0 aromatic carbocycles. The molecule has 3 heteroatoms. The number of hydrogen-bond donors (Lipinski definition) is 1. The summed E-state index contributed by atoms with van der Waals surface area (Å²) < 4.78 is 0. The van der Waals surface area contributed by atoms with Gasteiger partial charge in [-0.25, -0.2) is 0 Å². The first kappa shape index (κ1) is 22.6. The molecule has 0 saturated heterocycles. The highest BCUT2D eigenvalue weighted by Crippen LogP contribution is 2.20. The van der Waals surface area contributed by atoms with E-state index in [2.05, 4.69) is 19.1 Å². The van der Waals surface area contributed by atoms with E-state index >= 15 is 0 Å². The van der Waals surface area contributed by atoms with Crippen molar-refractivity contribution in [1.29, 1.82) is 0 Å². The standard InChI is InChI=1S/C20H38O2S/c1-3-4-5-6-9-12-15-19(18(2)21)16-13-10-7-8-11-14-17-20(22)23/h19H,3-17H2,1-2H3,(H,22,23). The van der Waals surface area contributed by atoms with Crippen molar-refractivity contribution in [2.45, 2.75) is 110 Å². The smallest absolute Gasteiger partial charge is 0.156 e. The molecule has 1 N–H and O–H groups in total. The van der Waals surface area contributed by atoms with Crippen molar-refractivity contribution in [3.63, 3.8) is 0 Å². The number of unbranched alkanes of at least 4 members (excludes halogenated alkanes) is 10. The van der Waals surface area contributed by atoms with Gasteiger partial charge in [0.05, 0.1) is 0 Å². The third-order valence-corrected chi connectivity index (χ3v) is 4.88. The zero-order valence-electron chi connectivity index (χ0n) is 15.4. The van der Waals surface area contributed by atoms with Crippen LogP contribution < -0.4 is 0 Å². The Morgan fingerprint density at radius 2 is 1.26 bits per heavy atom. The molecule has 1 atom stereocenters. The third kappa shape index (κ3) is 16.2. The van der Waals surface area contributed by atoms with Crippen LogP contribution in [0.1, 0.15) is 110 Å². The Balaban J connectivity index is 3.53. The third-order valence-electron chi connectivity index (χ3n) is 4.67. The average molecular weight is 343 g/mol. The van der Waals surface area contributed by atoms with Crippen LogP contribution in [0.25, 0.3) is 0 Å². The largest absolute Gasteiger partial charge is 0.502 e. The fourth-order valence-corrected chi connectivity index (χ4v) is 3.24. The lowest BCUT2D eigenvalue weighted by Gasteiger charge is -2.13. The van der Waals surface area contributed by atoms with E-state index in [1.165, 1.54) is 64.2 Å². The number of hydrogen-bond acceptors (Lipinski definition) is 2. The summed E-state index contributed by atoms with van der Waals surface area (Å²) in [4.78, 5) is 11.7. The second kappa shape index (κ2) is 16.4. The Bertz CT molecular complexity index is 302. The number of rotatable bonds is 17. The molecule has 0 spiro atoms. The molecule has 0 aromatic heterocycles. The molecule has 0 saturated carbocycles. The van der Waals surface area contributed by atoms with Crippen LogP contribution in [0, 0.1) is 5.92 Å². The SMILES string of the molecule is CCCCCCCCC(CCCCCCCCC(O)=S)C(C)=O. The van der Waals surface area contributed by atoms with E-state index in [4.69, 9.17) is 5.11 Å². The van der Waals surface area contributed by atoms with Crippen LogP contribution in [-0.4, -0.2) is 15.9 Å². The van der Waals surface area contributed by atoms with E-state index in [9.17, 15) is 4.79 Å². The first-order valence-electron chi connectivity index (χ1n) is 9.80. The highest BCUT2D eigenvalue weighted by molar-refractivity contribution is 7.80. The topological polar surface area (TPSA) is 37.3 Å². The van der Waals surface area contributed by atoms with E-state index in [0.29, 0.717) is 18.1 Å². The molecule has 1 unspecified atom stereocenters. The van der Waals surface area contributed by atoms with E-state index in [1.807, 2.05) is 0 Å². The van der Waals surface area contributed by atoms with Gasteiger partial charge in [-0.15, -0.1) is 0 Å². The second-order valence-corrected chi connectivity index (χ2v) is 7.39. The molecular weight excluding hydrogens is 304 g/mol. The average Bonchev–Trinajstić information content (AvgIpc) is 2.50. The Morgan fingerprint density at radius 3 is 1.70 bits per heavy atom. The van der Waals surface area contributed by atoms with Crippen molar-refractivity contribution in [2.24, 2.45) is 5.92 Å². The number of carbonyl (C=O) groups excluding carboxylic acids is 1. The predicted molar refractivity (Wildman–Crippen MR) is 104 cm³/mol. The lowest BCUT2D eigenvalue weighted by molar-refractivity contribution is -0.121. The van der Waals surface area contributed by atoms with E-state index in [1.54, 1.807) is 6.92 Å². The lowest BCUT2D eigenvalue weighted by Crippen LogP contribution is -2.10. The van der Waals surface area contributed by atoms with Gasteiger partial charge in [0.1, 0.15) is 5.78 Å². The van der Waals surface area contributed by atoms with Crippen LogP contribution in [-0.2, 0) is 4.79 Å². The Morgan fingerprint density at radius 1 is 0.826 bits per heavy atom. The number of aliphatic hydroxyl groups is 1. The van der Waals surface area contributed by atoms with Gasteiger partial charge in [-0.3, -0.25) is 4.79 Å². The highest BCUT2D eigenvalue weighted by atomic mass is 32.1. The van der Waals surface area contributed by atoms with Crippen LogP contribution in [0.15, 0.2) is 0 Å². The van der Waals surface area contributed by atoms with Crippen molar-refractivity contribution in [2.75, 3.05) is 0 Å². The minimum absolute atomic E-state index is 0.143. The Labute approximate surface area is 149 Å². The normalized spacial score (nSPS) is 12.3. The number of thiocarbonyl (C=S) groups is 1. The monoisotopic (exact) mass is 342 g/mol. The van der Waals surface area contributed by atoms with E-state index in [-0.39, 0.29) is 5.05 Å². The molecule has 0 aliphatic rings. The number of aliphatic hydroxyl groups excluding tert-OH is 1. The molecule has 0 bridgehead atoms. The van der Waals surface area contributed by atoms with Gasteiger partial charge in [-0.2, -0.15) is 0 Å². The summed E-state index contributed by atoms with van der Waals surface area (Å²) in [6.07, 6.45) is 17.7. The lowest BCUT2D eigenvalue weighted by atomic mass is 9.91. The zero-order chi connectivity index (χ0) is 17.3. The predicted octanol–water partition coefficient (Wildman–Crippen LogP) is 6.95. The summed E-state index contributed by atoms with van der Waals surface area (Å²) in [7, 11) is 0. The van der Waals surface area contributed by atoms with Gasteiger partial charge >= 0.3 is 0 Å². The van der Waals surface area contributed by atoms with Crippen LogP contribution in [0.5, 0.6) is 0 Å². The molecule has 0 rings (SSSR count). The molecule has 0 fully saturated rings. The number of Topliss-reactive ketones (excluding diaryl/α,β-unsaturated/α-hetero) is 1. The summed E-state index contributed by atoms with van der Waals surface area (Å²) in [5.74, 6) is 0.683. The minimum Gasteiger partial charge on any atom is -0.502 e. The molecule has 136 valence electrons. The Kier molecular flexibility index (Phi) is 16.1. The maximum absolute atomic E-state index is 11.7. The summed E-state index contributed by atoms with van der Waals surface area (Å²) in [6, 6.07) is 0. The summed E-state index contributed by atoms with van der Waals surface area (Å²) in [6.45, 7) is 4.01. The molecule has 0 amide bonds. The van der Waals surface area contributed by atoms with Crippen LogP contribution >= 0.6 is 12.2 Å².